The Morgan fingerprint density at radius 2 is 1.06 bits per heavy atom. The van der Waals surface area contributed by atoms with Crippen LogP contribution in [0.1, 0.15) is 162 Å². The molecule has 5 heteroatoms. The fraction of sp³-hybridized carbons (Fsp3) is 0.467. The summed E-state index contributed by atoms with van der Waals surface area (Å²) in [6.07, 6.45) is 4.79. The maximum absolute atomic E-state index is 2.77. The summed E-state index contributed by atoms with van der Waals surface area (Å²) >= 11 is 2.05. The number of aryl methyl sites for hydroxylation is 1. The Bertz CT molecular complexity index is 2980. The van der Waals surface area contributed by atoms with Crippen molar-refractivity contribution < 1.29 is 0 Å². The van der Waals surface area contributed by atoms with E-state index < -0.39 is 8.07 Å². The third-order valence-electron chi connectivity index (χ3n) is 16.6. The third-order valence-corrected chi connectivity index (χ3v) is 19.9. The largest absolute Gasteiger partial charge is 0.311 e. The molecule has 10 rings (SSSR count). The summed E-state index contributed by atoms with van der Waals surface area (Å²) in [7, 11) is -1.90. The molecule has 6 aromatic rings. The predicted octanol–water partition coefficient (Wildman–Crippen LogP) is 15.1. The Morgan fingerprint density at radius 1 is 0.538 bits per heavy atom. The van der Waals surface area contributed by atoms with Crippen molar-refractivity contribution in [2.24, 2.45) is 0 Å². The topological polar surface area (TPSA) is 6.48 Å². The lowest BCUT2D eigenvalue weighted by molar-refractivity contribution is 0.332. The van der Waals surface area contributed by atoms with Crippen molar-refractivity contribution in [1.82, 2.24) is 0 Å². The van der Waals surface area contributed by atoms with Crippen molar-refractivity contribution in [2.75, 3.05) is 9.80 Å². The van der Waals surface area contributed by atoms with Gasteiger partial charge in [0.1, 0.15) is 0 Å². The fourth-order valence-corrected chi connectivity index (χ4v) is 15.0. The maximum Gasteiger partial charge on any atom is 0.264 e. The average molecular weight is 895 g/mol. The molecule has 1 aromatic heterocycles. The molecule has 0 bridgehead atoms. The van der Waals surface area contributed by atoms with Crippen LogP contribution < -0.4 is 30.7 Å². The molecular weight excluding hydrogens is 820 g/mol. The van der Waals surface area contributed by atoms with Gasteiger partial charge < -0.3 is 9.80 Å². The van der Waals surface area contributed by atoms with Crippen molar-refractivity contribution in [1.29, 1.82) is 0 Å². The van der Waals surface area contributed by atoms with E-state index in [1.54, 1.807) is 0 Å². The Hall–Kier alpha value is -4.06. The molecule has 2 nitrogen and oxygen atoms in total. The second kappa shape index (κ2) is 14.0. The highest BCUT2D eigenvalue weighted by Crippen LogP contribution is 2.54. The van der Waals surface area contributed by atoms with Crippen molar-refractivity contribution in [3.63, 3.8) is 0 Å². The summed E-state index contributed by atoms with van der Waals surface area (Å²) < 4.78 is 2.86. The summed E-state index contributed by atoms with van der Waals surface area (Å²) in [6.45, 7) is 44.2. The van der Waals surface area contributed by atoms with E-state index in [9.17, 15) is 0 Å². The lowest BCUT2D eigenvalue weighted by Crippen LogP contribution is -2.61. The fourth-order valence-electron chi connectivity index (χ4n) is 12.2. The molecule has 0 spiro atoms. The minimum absolute atomic E-state index is 0.0239. The number of anilines is 6. The van der Waals surface area contributed by atoms with Crippen molar-refractivity contribution in [2.45, 2.75) is 182 Å². The SMILES string of the molecule is Cc1cc2c3c(c1)N(c1ccc(C(C)(C)C)cc1[Si](C)(C)C)c1c(sc4ccc(C(C)(C)C)cc14)B3c1cc3c(cc1N2c1ccc2c(c1)C(C)(C)CCC2(C)C)C(C)(C)CCC3(C)C. The monoisotopic (exact) mass is 895 g/mol. The van der Waals surface area contributed by atoms with Crippen molar-refractivity contribution in [3.05, 3.63) is 118 Å². The quantitative estimate of drug-likeness (QED) is 0.163. The molecule has 65 heavy (non-hydrogen) atoms. The molecule has 3 heterocycles. The van der Waals surface area contributed by atoms with Gasteiger partial charge in [-0.2, -0.15) is 0 Å². The minimum Gasteiger partial charge on any atom is -0.311 e. The molecule has 0 amide bonds. The van der Waals surface area contributed by atoms with E-state index in [1.807, 2.05) is 11.3 Å². The molecule has 0 radical (unpaired) electrons. The molecule has 2 aliphatic heterocycles. The molecule has 5 aromatic carbocycles. The van der Waals surface area contributed by atoms with Crippen LogP contribution in [0.4, 0.5) is 34.1 Å². The number of hydrogen-bond acceptors (Lipinski definition) is 3. The van der Waals surface area contributed by atoms with E-state index in [0.717, 1.165) is 0 Å². The molecule has 338 valence electrons. The van der Waals surface area contributed by atoms with Crippen LogP contribution in [0.5, 0.6) is 0 Å². The van der Waals surface area contributed by atoms with E-state index in [1.165, 1.54) is 130 Å². The lowest BCUT2D eigenvalue weighted by atomic mass is 9.35. The van der Waals surface area contributed by atoms with Crippen molar-refractivity contribution in [3.8, 4) is 0 Å². The number of benzene rings is 5. The van der Waals surface area contributed by atoms with Crippen molar-refractivity contribution >= 4 is 91.2 Å². The maximum atomic E-state index is 2.77. The van der Waals surface area contributed by atoms with Gasteiger partial charge in [-0.15, -0.1) is 11.3 Å². The summed E-state index contributed by atoms with van der Waals surface area (Å²) in [5.41, 5.74) is 21.6. The molecule has 0 fully saturated rings. The van der Waals surface area contributed by atoms with E-state index in [0.29, 0.717) is 0 Å². The zero-order valence-electron chi connectivity index (χ0n) is 43.2. The molecule has 2 aliphatic carbocycles. The number of hydrogen-bond donors (Lipinski definition) is 0. The highest BCUT2D eigenvalue weighted by molar-refractivity contribution is 7.33. The first-order chi connectivity index (χ1) is 30.0. The normalized spacial score (nSPS) is 19.1. The van der Waals surface area contributed by atoms with Crippen LogP contribution in [0.25, 0.3) is 10.1 Å². The number of fused-ring (bicyclic) bond motifs is 8. The van der Waals surface area contributed by atoms with Gasteiger partial charge in [0.2, 0.25) is 0 Å². The van der Waals surface area contributed by atoms with Gasteiger partial charge in [0, 0.05) is 43.3 Å². The summed E-state index contributed by atoms with van der Waals surface area (Å²) in [6, 6.07) is 33.0. The van der Waals surface area contributed by atoms with E-state index in [2.05, 4.69) is 212 Å². The molecule has 0 saturated carbocycles. The van der Waals surface area contributed by atoms with Crippen LogP contribution in [0.15, 0.2) is 78.9 Å². The van der Waals surface area contributed by atoms with E-state index in [-0.39, 0.29) is 39.2 Å². The molecule has 4 aliphatic rings. The summed E-state index contributed by atoms with van der Waals surface area (Å²) in [4.78, 5) is 5.50. The first-order valence-corrected chi connectivity index (χ1v) is 29.1. The molecular formula is C60H75BN2SSi. The predicted molar refractivity (Wildman–Crippen MR) is 292 cm³/mol. The zero-order chi connectivity index (χ0) is 46.9. The van der Waals surface area contributed by atoms with Gasteiger partial charge in [0.15, 0.2) is 0 Å². The van der Waals surface area contributed by atoms with Gasteiger partial charge in [-0.1, -0.05) is 147 Å². The first kappa shape index (κ1) is 44.8. The minimum atomic E-state index is -1.90. The Kier molecular flexibility index (Phi) is 9.64. The molecule has 0 saturated heterocycles. The number of rotatable bonds is 3. The van der Waals surface area contributed by atoms with Crippen LogP contribution in [0, 0.1) is 6.92 Å². The van der Waals surface area contributed by atoms with Gasteiger partial charge in [0.05, 0.1) is 13.8 Å². The van der Waals surface area contributed by atoms with Crippen LogP contribution in [0.2, 0.25) is 19.6 Å². The van der Waals surface area contributed by atoms with E-state index in [4.69, 9.17) is 0 Å². The highest BCUT2D eigenvalue weighted by Gasteiger charge is 2.49. The van der Waals surface area contributed by atoms with Gasteiger partial charge >= 0.3 is 0 Å². The van der Waals surface area contributed by atoms with Crippen LogP contribution in [-0.2, 0) is 32.5 Å². The van der Waals surface area contributed by atoms with Gasteiger partial charge in [0.25, 0.3) is 6.71 Å². The van der Waals surface area contributed by atoms with Crippen LogP contribution in [0.3, 0.4) is 0 Å². The lowest BCUT2D eigenvalue weighted by Gasteiger charge is -2.48. The van der Waals surface area contributed by atoms with Crippen LogP contribution >= 0.6 is 11.3 Å². The number of thiophene rings is 1. The average Bonchev–Trinajstić information content (AvgIpc) is 3.58. The molecule has 0 N–H and O–H groups in total. The smallest absolute Gasteiger partial charge is 0.264 e. The third kappa shape index (κ3) is 6.89. The zero-order valence-corrected chi connectivity index (χ0v) is 45.0. The highest BCUT2D eigenvalue weighted by atomic mass is 32.1. The Labute approximate surface area is 398 Å². The summed E-state index contributed by atoms with van der Waals surface area (Å²) in [5, 5.41) is 2.91. The van der Waals surface area contributed by atoms with E-state index >= 15 is 0 Å². The van der Waals surface area contributed by atoms with Crippen LogP contribution in [-0.4, -0.2) is 14.8 Å². The van der Waals surface area contributed by atoms with Gasteiger partial charge in [-0.05, 0) is 169 Å². The second-order valence-electron chi connectivity index (χ2n) is 26.6. The Morgan fingerprint density at radius 3 is 1.65 bits per heavy atom. The van der Waals surface area contributed by atoms with Gasteiger partial charge in [-0.25, -0.2) is 0 Å². The number of nitrogens with zero attached hydrogens (tertiary/aromatic N) is 2. The van der Waals surface area contributed by atoms with Gasteiger partial charge in [-0.3, -0.25) is 0 Å². The second-order valence-corrected chi connectivity index (χ2v) is 32.7. The summed E-state index contributed by atoms with van der Waals surface area (Å²) in [5.74, 6) is 0. The molecule has 0 unspecified atom stereocenters. The molecule has 0 atom stereocenters. The Balaban J connectivity index is 1.36. The first-order valence-electron chi connectivity index (χ1n) is 24.8. The standard InChI is InChI=1S/C60H75BN2SSi/c1-36-29-48-52-49(30-36)63(46-23-19-38(56(5,6)7)32-51(46)65(16,17)18)53-40-31-37(55(2,3)4)20-24-50(40)64-54(53)61(52)45-34-43-44(60(14,15)28-27-59(43,12)13)35-47(45)62(48)39-21-22-41-42(33-39)58(10,11)26-25-57(41,8)9/h19-24,29-35H,25-28H2,1-18H3.